The number of fused-ring (bicyclic) bond motifs is 1. The summed E-state index contributed by atoms with van der Waals surface area (Å²) in [5, 5.41) is 7.14. The Balaban J connectivity index is 1.98. The third-order valence-corrected chi connectivity index (χ3v) is 4.48. The smallest absolute Gasteiger partial charge is 0.167 e. The first-order chi connectivity index (χ1) is 10.3. The molecular formula is C15H15ClN4S. The second-order valence-electron chi connectivity index (χ2n) is 4.65. The minimum absolute atomic E-state index is 0.709. The maximum atomic E-state index is 5.93. The molecule has 0 aliphatic rings. The first kappa shape index (κ1) is 14.4. The quantitative estimate of drug-likeness (QED) is 0.398. The van der Waals surface area contributed by atoms with E-state index < -0.39 is 0 Å². The molecule has 0 aliphatic heterocycles. The Kier molecular flexibility index (Phi) is 4.41. The van der Waals surface area contributed by atoms with E-state index in [0.29, 0.717) is 5.02 Å². The van der Waals surface area contributed by atoms with Crippen LogP contribution >= 0.6 is 23.4 Å². The van der Waals surface area contributed by atoms with E-state index in [0.717, 1.165) is 27.5 Å². The number of unbranched alkanes of at least 4 members (excludes halogenated alkanes) is 1. The van der Waals surface area contributed by atoms with E-state index in [-0.39, 0.29) is 0 Å². The molecule has 0 unspecified atom stereocenters. The molecule has 3 aromatic rings. The van der Waals surface area contributed by atoms with Gasteiger partial charge in [0.1, 0.15) is 11.4 Å². The van der Waals surface area contributed by atoms with Crippen molar-refractivity contribution in [3.05, 3.63) is 41.8 Å². The molecular weight excluding hydrogens is 304 g/mol. The second-order valence-corrected chi connectivity index (χ2v) is 6.17. The van der Waals surface area contributed by atoms with E-state index in [1.165, 1.54) is 12.8 Å². The molecule has 0 fully saturated rings. The maximum absolute atomic E-state index is 5.93. The third-order valence-electron chi connectivity index (χ3n) is 3.14. The molecule has 0 spiro atoms. The van der Waals surface area contributed by atoms with Crippen molar-refractivity contribution in [1.82, 2.24) is 19.7 Å². The second kappa shape index (κ2) is 6.45. The number of thioether (sulfide) groups is 1. The van der Waals surface area contributed by atoms with Crippen molar-refractivity contribution in [1.29, 1.82) is 0 Å². The normalized spacial score (nSPS) is 11.1. The molecule has 2 aromatic heterocycles. The zero-order valence-electron chi connectivity index (χ0n) is 11.7. The molecule has 0 bridgehead atoms. The van der Waals surface area contributed by atoms with Gasteiger partial charge in [0.2, 0.25) is 0 Å². The SMILES string of the molecule is CCCCSc1ncnc2c1cnn2-c1ccc(Cl)cc1. The zero-order valence-corrected chi connectivity index (χ0v) is 13.2. The molecule has 0 aliphatic carbocycles. The van der Waals surface area contributed by atoms with Crippen LogP contribution in [0.1, 0.15) is 19.8 Å². The van der Waals surface area contributed by atoms with Gasteiger partial charge in [0.05, 0.1) is 17.3 Å². The van der Waals surface area contributed by atoms with E-state index in [9.17, 15) is 0 Å². The molecule has 0 atom stereocenters. The topological polar surface area (TPSA) is 43.6 Å². The lowest BCUT2D eigenvalue weighted by Crippen LogP contribution is -1.97. The van der Waals surface area contributed by atoms with Gasteiger partial charge in [-0.05, 0) is 36.4 Å². The van der Waals surface area contributed by atoms with E-state index >= 15 is 0 Å². The zero-order chi connectivity index (χ0) is 14.7. The molecule has 4 nitrogen and oxygen atoms in total. The van der Waals surface area contributed by atoms with Gasteiger partial charge >= 0.3 is 0 Å². The molecule has 0 radical (unpaired) electrons. The summed E-state index contributed by atoms with van der Waals surface area (Å²) in [4.78, 5) is 8.75. The number of aromatic nitrogens is 4. The van der Waals surface area contributed by atoms with Gasteiger partial charge in [-0.25, -0.2) is 14.6 Å². The first-order valence-corrected chi connectivity index (χ1v) is 8.23. The lowest BCUT2D eigenvalue weighted by molar-refractivity contribution is 0.891. The summed E-state index contributed by atoms with van der Waals surface area (Å²) in [6, 6.07) is 7.56. The monoisotopic (exact) mass is 318 g/mol. The van der Waals surface area contributed by atoms with E-state index in [1.807, 2.05) is 35.1 Å². The van der Waals surface area contributed by atoms with Crippen LogP contribution in [0.2, 0.25) is 5.02 Å². The molecule has 2 heterocycles. The van der Waals surface area contributed by atoms with Gasteiger partial charge in [-0.15, -0.1) is 11.8 Å². The van der Waals surface area contributed by atoms with Crippen molar-refractivity contribution in [2.24, 2.45) is 0 Å². The fraction of sp³-hybridized carbons (Fsp3) is 0.267. The van der Waals surface area contributed by atoms with E-state index in [4.69, 9.17) is 11.6 Å². The van der Waals surface area contributed by atoms with Gasteiger partial charge in [-0.2, -0.15) is 5.10 Å². The van der Waals surface area contributed by atoms with Gasteiger partial charge in [0.25, 0.3) is 0 Å². The fourth-order valence-electron chi connectivity index (χ4n) is 2.02. The van der Waals surface area contributed by atoms with Crippen LogP contribution < -0.4 is 0 Å². The third kappa shape index (κ3) is 3.04. The molecule has 0 saturated heterocycles. The van der Waals surface area contributed by atoms with Gasteiger partial charge in [-0.3, -0.25) is 0 Å². The lowest BCUT2D eigenvalue weighted by atomic mass is 10.3. The van der Waals surface area contributed by atoms with Crippen LogP contribution in [-0.2, 0) is 0 Å². The molecule has 6 heteroatoms. The van der Waals surface area contributed by atoms with Crippen molar-refractivity contribution in [3.63, 3.8) is 0 Å². The molecule has 0 amide bonds. The summed E-state index contributed by atoms with van der Waals surface area (Å²) in [5.41, 5.74) is 1.77. The minimum Gasteiger partial charge on any atom is -0.229 e. The Bertz CT molecular complexity index is 739. The minimum atomic E-state index is 0.709. The molecule has 0 saturated carbocycles. The largest absolute Gasteiger partial charge is 0.229 e. The van der Waals surface area contributed by atoms with E-state index in [1.54, 1.807) is 18.1 Å². The van der Waals surface area contributed by atoms with Crippen LogP contribution in [0.4, 0.5) is 0 Å². The number of rotatable bonds is 5. The van der Waals surface area contributed by atoms with Crippen LogP contribution in [0.3, 0.4) is 0 Å². The Hall–Kier alpha value is -1.59. The van der Waals surface area contributed by atoms with Gasteiger partial charge < -0.3 is 0 Å². The Morgan fingerprint density at radius 3 is 2.76 bits per heavy atom. The highest BCUT2D eigenvalue weighted by Gasteiger charge is 2.11. The highest BCUT2D eigenvalue weighted by Crippen LogP contribution is 2.26. The van der Waals surface area contributed by atoms with Crippen molar-refractivity contribution in [2.75, 3.05) is 5.75 Å². The highest BCUT2D eigenvalue weighted by molar-refractivity contribution is 7.99. The highest BCUT2D eigenvalue weighted by atomic mass is 35.5. The Morgan fingerprint density at radius 2 is 2.00 bits per heavy atom. The summed E-state index contributed by atoms with van der Waals surface area (Å²) in [5.74, 6) is 1.06. The Morgan fingerprint density at radius 1 is 1.19 bits per heavy atom. The van der Waals surface area contributed by atoms with Crippen LogP contribution in [0.15, 0.2) is 41.8 Å². The summed E-state index contributed by atoms with van der Waals surface area (Å²) >= 11 is 7.69. The van der Waals surface area contributed by atoms with Crippen molar-refractivity contribution < 1.29 is 0 Å². The number of hydrogen-bond donors (Lipinski definition) is 0. The summed E-state index contributed by atoms with van der Waals surface area (Å²) in [7, 11) is 0. The molecule has 0 N–H and O–H groups in total. The number of nitrogens with zero attached hydrogens (tertiary/aromatic N) is 4. The van der Waals surface area contributed by atoms with Crippen LogP contribution in [0.5, 0.6) is 0 Å². The average molecular weight is 319 g/mol. The fourth-order valence-corrected chi connectivity index (χ4v) is 3.20. The van der Waals surface area contributed by atoms with Crippen molar-refractivity contribution in [2.45, 2.75) is 24.8 Å². The van der Waals surface area contributed by atoms with Crippen LogP contribution in [0, 0.1) is 0 Å². The van der Waals surface area contributed by atoms with Crippen molar-refractivity contribution in [3.8, 4) is 5.69 Å². The summed E-state index contributed by atoms with van der Waals surface area (Å²) in [6.07, 6.45) is 5.80. The number of benzene rings is 1. The molecule has 3 rings (SSSR count). The maximum Gasteiger partial charge on any atom is 0.167 e. The molecule has 1 aromatic carbocycles. The summed E-state index contributed by atoms with van der Waals surface area (Å²) < 4.78 is 1.82. The molecule has 108 valence electrons. The number of halogens is 1. The van der Waals surface area contributed by atoms with Gasteiger partial charge in [-0.1, -0.05) is 24.9 Å². The first-order valence-electron chi connectivity index (χ1n) is 6.87. The Labute approximate surface area is 132 Å². The lowest BCUT2D eigenvalue weighted by Gasteiger charge is -2.04. The summed E-state index contributed by atoms with van der Waals surface area (Å²) in [6.45, 7) is 2.19. The molecule has 21 heavy (non-hydrogen) atoms. The predicted octanol–water partition coefficient (Wildman–Crippen LogP) is 4.36. The number of hydrogen-bond acceptors (Lipinski definition) is 4. The predicted molar refractivity (Wildman–Crippen MR) is 87.3 cm³/mol. The van der Waals surface area contributed by atoms with Gasteiger partial charge in [0.15, 0.2) is 5.65 Å². The standard InChI is InChI=1S/C15H15ClN4S/c1-2-3-8-21-15-13-9-19-20(14(13)17-10-18-15)12-6-4-11(16)5-7-12/h4-7,9-10H,2-3,8H2,1H3. The average Bonchev–Trinajstić information content (AvgIpc) is 2.93. The van der Waals surface area contributed by atoms with E-state index in [2.05, 4.69) is 22.0 Å². The van der Waals surface area contributed by atoms with Crippen molar-refractivity contribution >= 4 is 34.4 Å². The van der Waals surface area contributed by atoms with Crippen LogP contribution in [0.25, 0.3) is 16.7 Å². The van der Waals surface area contributed by atoms with Crippen LogP contribution in [-0.4, -0.2) is 25.5 Å². The van der Waals surface area contributed by atoms with Gasteiger partial charge in [0, 0.05) is 5.02 Å².